The first-order valence-corrected chi connectivity index (χ1v) is 7.93. The van der Waals surface area contributed by atoms with Gasteiger partial charge in [0.25, 0.3) is 0 Å². The third-order valence-electron chi connectivity index (χ3n) is 3.76. The lowest BCUT2D eigenvalue weighted by Crippen LogP contribution is -2.52. The van der Waals surface area contributed by atoms with Gasteiger partial charge in [0.1, 0.15) is 17.7 Å². The van der Waals surface area contributed by atoms with E-state index < -0.39 is 29.7 Å². The zero-order chi connectivity index (χ0) is 18.8. The van der Waals surface area contributed by atoms with Crippen LogP contribution in [0.1, 0.15) is 27.2 Å². The summed E-state index contributed by atoms with van der Waals surface area (Å²) in [6.07, 6.45) is -0.926. The number of rotatable bonds is 4. The Bertz CT molecular complexity index is 683. The summed E-state index contributed by atoms with van der Waals surface area (Å²) >= 11 is 0. The fraction of sp³-hybridized carbons (Fsp3) is 0.471. The van der Waals surface area contributed by atoms with Crippen molar-refractivity contribution in [2.75, 3.05) is 17.3 Å². The van der Waals surface area contributed by atoms with Crippen LogP contribution in [0.15, 0.2) is 24.3 Å². The van der Waals surface area contributed by atoms with Crippen LogP contribution < -0.4 is 15.5 Å². The fourth-order valence-electron chi connectivity index (χ4n) is 2.61. The van der Waals surface area contributed by atoms with E-state index in [1.807, 2.05) is 12.1 Å². The Labute approximate surface area is 146 Å². The zero-order valence-corrected chi connectivity index (χ0v) is 14.7. The summed E-state index contributed by atoms with van der Waals surface area (Å²) in [5, 5.41) is 14.5. The highest BCUT2D eigenvalue weighted by Crippen LogP contribution is 2.31. The van der Waals surface area contributed by atoms with Gasteiger partial charge < -0.3 is 25.4 Å². The highest BCUT2D eigenvalue weighted by atomic mass is 16.6. The third-order valence-corrected chi connectivity index (χ3v) is 3.76. The Kier molecular flexibility index (Phi) is 5.20. The molecule has 0 spiro atoms. The van der Waals surface area contributed by atoms with Crippen molar-refractivity contribution >= 4 is 29.3 Å². The number of carbonyl (C=O) groups is 3. The van der Waals surface area contributed by atoms with Crippen LogP contribution in [0.2, 0.25) is 0 Å². The summed E-state index contributed by atoms with van der Waals surface area (Å²) < 4.78 is 5.09. The van der Waals surface area contributed by atoms with E-state index in [2.05, 4.69) is 10.6 Å². The Balaban J connectivity index is 2.13. The van der Waals surface area contributed by atoms with Crippen molar-refractivity contribution in [3.8, 4) is 0 Å². The van der Waals surface area contributed by atoms with Crippen LogP contribution >= 0.6 is 0 Å². The molecule has 1 aromatic rings. The largest absolute Gasteiger partial charge is 0.480 e. The van der Waals surface area contributed by atoms with Gasteiger partial charge in [0.15, 0.2) is 0 Å². The third kappa shape index (κ3) is 4.62. The molecule has 2 amide bonds. The van der Waals surface area contributed by atoms with Crippen LogP contribution in [0.4, 0.5) is 16.2 Å². The maximum absolute atomic E-state index is 12.4. The predicted molar refractivity (Wildman–Crippen MR) is 92.7 cm³/mol. The van der Waals surface area contributed by atoms with Crippen molar-refractivity contribution < 1.29 is 24.2 Å². The lowest BCUT2D eigenvalue weighted by Gasteiger charge is -2.36. The van der Waals surface area contributed by atoms with Crippen LogP contribution in [-0.4, -0.2) is 47.8 Å². The number of para-hydroxylation sites is 2. The summed E-state index contributed by atoms with van der Waals surface area (Å²) in [5.41, 5.74) is 0.706. The van der Waals surface area contributed by atoms with E-state index in [1.165, 1.54) is 0 Å². The number of anilines is 2. The summed E-state index contributed by atoms with van der Waals surface area (Å²) in [5.74, 6) is -1.55. The second-order valence-electron chi connectivity index (χ2n) is 6.91. The van der Waals surface area contributed by atoms with Gasteiger partial charge in [-0.1, -0.05) is 12.1 Å². The molecule has 0 aromatic heterocycles. The van der Waals surface area contributed by atoms with E-state index in [1.54, 1.807) is 44.9 Å². The molecule has 1 heterocycles. The van der Waals surface area contributed by atoms with Crippen molar-refractivity contribution in [3.05, 3.63) is 24.3 Å². The fourth-order valence-corrected chi connectivity index (χ4v) is 2.61. The molecule has 136 valence electrons. The van der Waals surface area contributed by atoms with Gasteiger partial charge >= 0.3 is 12.1 Å². The second-order valence-corrected chi connectivity index (χ2v) is 6.91. The van der Waals surface area contributed by atoms with E-state index in [4.69, 9.17) is 4.74 Å². The lowest BCUT2D eigenvalue weighted by molar-refractivity contribution is -0.139. The minimum Gasteiger partial charge on any atom is -0.480 e. The molecule has 2 unspecified atom stereocenters. The number of nitrogens with one attached hydrogen (secondary N) is 2. The number of alkyl carbamates (subject to hydrolysis) is 1. The minimum atomic E-state index is -1.25. The molecule has 25 heavy (non-hydrogen) atoms. The summed E-state index contributed by atoms with van der Waals surface area (Å²) in [6, 6.07) is 5.26. The number of ether oxygens (including phenoxy) is 1. The molecule has 1 aliphatic rings. The van der Waals surface area contributed by atoms with E-state index in [-0.39, 0.29) is 12.3 Å². The first-order chi connectivity index (χ1) is 11.6. The number of fused-ring (bicyclic) bond motifs is 1. The number of benzene rings is 1. The van der Waals surface area contributed by atoms with Gasteiger partial charge in [0.05, 0.1) is 11.4 Å². The van der Waals surface area contributed by atoms with Gasteiger partial charge in [-0.3, -0.25) is 4.79 Å². The highest BCUT2D eigenvalue weighted by molar-refractivity contribution is 6.03. The van der Waals surface area contributed by atoms with Gasteiger partial charge in [-0.15, -0.1) is 0 Å². The number of nitrogens with zero attached hydrogens (tertiary/aromatic N) is 1. The number of aliphatic carboxylic acids is 1. The topological polar surface area (TPSA) is 108 Å². The molecule has 8 heteroatoms. The number of carboxylic acids is 1. The number of hydrogen-bond donors (Lipinski definition) is 3. The quantitative estimate of drug-likeness (QED) is 0.765. The van der Waals surface area contributed by atoms with Crippen LogP contribution in [0.3, 0.4) is 0 Å². The molecule has 1 aromatic carbocycles. The maximum Gasteiger partial charge on any atom is 0.408 e. The lowest BCUT2D eigenvalue weighted by atomic mass is 10.0. The van der Waals surface area contributed by atoms with Gasteiger partial charge in [0.2, 0.25) is 5.91 Å². The molecule has 2 atom stereocenters. The van der Waals surface area contributed by atoms with Crippen LogP contribution in [-0.2, 0) is 14.3 Å². The molecule has 1 aliphatic heterocycles. The molecule has 0 fully saturated rings. The molecule has 0 saturated heterocycles. The maximum atomic E-state index is 12.4. The van der Waals surface area contributed by atoms with Crippen molar-refractivity contribution in [1.82, 2.24) is 5.32 Å². The van der Waals surface area contributed by atoms with Gasteiger partial charge in [-0.05, 0) is 32.9 Å². The van der Waals surface area contributed by atoms with Crippen molar-refractivity contribution in [2.45, 2.75) is 44.9 Å². The van der Waals surface area contributed by atoms with Crippen LogP contribution in [0, 0.1) is 0 Å². The molecule has 8 nitrogen and oxygen atoms in total. The minimum absolute atomic E-state index is 0.0920. The summed E-state index contributed by atoms with van der Waals surface area (Å²) in [7, 11) is 1.72. The number of carboxylic acid groups (broad SMARTS) is 1. The molecular weight excluding hydrogens is 326 g/mol. The Hall–Kier alpha value is -2.77. The molecule has 3 N–H and O–H groups in total. The van der Waals surface area contributed by atoms with Crippen molar-refractivity contribution in [1.29, 1.82) is 0 Å². The number of likely N-dealkylation sites (N-methyl/N-ethyl adjacent to an activating group) is 1. The summed E-state index contributed by atoms with van der Waals surface area (Å²) in [4.78, 5) is 37.4. The zero-order valence-electron chi connectivity index (χ0n) is 14.7. The molecule has 0 bridgehead atoms. The van der Waals surface area contributed by atoms with Gasteiger partial charge in [0, 0.05) is 13.5 Å². The van der Waals surface area contributed by atoms with E-state index in [0.29, 0.717) is 5.69 Å². The van der Waals surface area contributed by atoms with Gasteiger partial charge in [-0.2, -0.15) is 0 Å². The molecule has 0 saturated carbocycles. The average Bonchev–Trinajstić information content (AvgIpc) is 2.48. The molecule has 2 rings (SSSR count). The van der Waals surface area contributed by atoms with Crippen molar-refractivity contribution in [3.63, 3.8) is 0 Å². The van der Waals surface area contributed by atoms with Crippen molar-refractivity contribution in [2.24, 2.45) is 0 Å². The predicted octanol–water partition coefficient (Wildman–Crippen LogP) is 1.81. The standard InChI is InChI=1S/C17H23N3O5/c1-17(2,3)25-16(24)19-11(15(22)23)9-13-14(21)18-10-7-5-6-8-12(10)20(13)4/h5-8,11,13H,9H2,1-4H3,(H,18,21)(H,19,24)(H,22,23). The Morgan fingerprint density at radius 3 is 2.60 bits per heavy atom. The Morgan fingerprint density at radius 2 is 2.00 bits per heavy atom. The SMILES string of the molecule is CN1c2ccccc2NC(=O)C1CC(NC(=O)OC(C)(C)C)C(=O)O. The second kappa shape index (κ2) is 7.00. The normalized spacial score (nSPS) is 18.0. The smallest absolute Gasteiger partial charge is 0.408 e. The van der Waals surface area contributed by atoms with Crippen LogP contribution in [0.25, 0.3) is 0 Å². The van der Waals surface area contributed by atoms with Gasteiger partial charge in [-0.25, -0.2) is 9.59 Å². The van der Waals surface area contributed by atoms with E-state index in [9.17, 15) is 19.5 Å². The van der Waals surface area contributed by atoms with Crippen LogP contribution in [0.5, 0.6) is 0 Å². The summed E-state index contributed by atoms with van der Waals surface area (Å²) in [6.45, 7) is 5.05. The Morgan fingerprint density at radius 1 is 1.36 bits per heavy atom. The first-order valence-electron chi connectivity index (χ1n) is 7.93. The number of carbonyl (C=O) groups excluding carboxylic acids is 2. The molecule has 0 aliphatic carbocycles. The van der Waals surface area contributed by atoms with E-state index in [0.717, 1.165) is 5.69 Å². The molecular formula is C17H23N3O5. The number of amides is 2. The molecule has 0 radical (unpaired) electrons. The number of hydrogen-bond acceptors (Lipinski definition) is 5. The first kappa shape index (κ1) is 18.6. The highest BCUT2D eigenvalue weighted by Gasteiger charge is 2.35. The van der Waals surface area contributed by atoms with E-state index >= 15 is 0 Å². The monoisotopic (exact) mass is 349 g/mol. The average molecular weight is 349 g/mol.